The van der Waals surface area contributed by atoms with Crippen LogP contribution in [0.5, 0.6) is 11.9 Å². The van der Waals surface area contributed by atoms with Crippen molar-refractivity contribution in [2.75, 3.05) is 0 Å². The third kappa shape index (κ3) is 5.88. The molecule has 0 saturated heterocycles. The molecule has 0 spiro atoms. The third-order valence-electron chi connectivity index (χ3n) is 4.56. The van der Waals surface area contributed by atoms with Crippen LogP contribution >= 0.6 is 0 Å². The number of oxazole rings is 2. The minimum absolute atomic E-state index is 0.225. The number of aromatic nitrogens is 2. The van der Waals surface area contributed by atoms with Gasteiger partial charge in [-0.15, -0.1) is 0 Å². The molecular weight excluding hydrogens is 568 g/mol. The molecule has 0 aliphatic carbocycles. The predicted molar refractivity (Wildman–Crippen MR) is 106 cm³/mol. The Labute approximate surface area is 210 Å². The van der Waals surface area contributed by atoms with Gasteiger partial charge in [0.2, 0.25) is 0 Å². The van der Waals surface area contributed by atoms with E-state index in [1.54, 1.807) is 36.4 Å². The fourth-order valence-corrected chi connectivity index (χ4v) is 4.30. The van der Waals surface area contributed by atoms with Gasteiger partial charge in [0.25, 0.3) is 0 Å². The molecule has 0 bridgehead atoms. The van der Waals surface area contributed by atoms with Crippen LogP contribution in [-0.4, -0.2) is 33.9 Å². The van der Waals surface area contributed by atoms with Crippen LogP contribution in [0.4, 0.5) is 26.3 Å². The minimum atomic E-state index is -5.32. The van der Waals surface area contributed by atoms with Crippen molar-refractivity contribution in [3.8, 4) is 34.8 Å². The maximum atomic E-state index is 13.1. The summed E-state index contributed by atoms with van der Waals surface area (Å²) in [7, 11) is 0. The molecule has 0 unspecified atom stereocenters. The van der Waals surface area contributed by atoms with Gasteiger partial charge in [0.1, 0.15) is 0 Å². The average molecular weight is 578 g/mol. The molecule has 2 aromatic heterocycles. The summed E-state index contributed by atoms with van der Waals surface area (Å²) in [6.07, 6.45) is -10.6. The van der Waals surface area contributed by atoms with Crippen molar-refractivity contribution in [1.29, 1.82) is 0 Å². The predicted octanol–water partition coefficient (Wildman–Crippen LogP) is 5.86. The van der Waals surface area contributed by atoms with Gasteiger partial charge in [-0.1, -0.05) is 0 Å². The van der Waals surface area contributed by atoms with Gasteiger partial charge in [-0.05, 0) is 0 Å². The van der Waals surface area contributed by atoms with Crippen LogP contribution in [0.2, 0.25) is 0 Å². The molecule has 0 saturated carbocycles. The number of nitrogens with zero attached hydrogens (tertiary/aromatic N) is 2. The molecule has 2 aromatic carbocycles. The second-order valence-corrected chi connectivity index (χ2v) is 8.81. The standard InChI is InChI=1S/2C11H6F3NO3.Zn/c2*12-11(13,14)8(16)7-10(17)18-9(15-7)6-4-2-1-3-5-6;/h2*1-5,17H;/q;;+2/p-2. The topological polar surface area (TPSA) is 105 Å². The van der Waals surface area contributed by atoms with E-state index in [0.717, 1.165) is 0 Å². The number of hydrogen-bond acceptors (Lipinski definition) is 8. The summed E-state index contributed by atoms with van der Waals surface area (Å²) in [5.41, 5.74) is -1.95. The molecule has 0 N–H and O–H groups in total. The molecular formula is C22H10F6N2O6Zn. The molecule has 0 aliphatic heterocycles. The van der Waals surface area contributed by atoms with Crippen molar-refractivity contribution < 1.29 is 69.7 Å². The van der Waals surface area contributed by atoms with Crippen molar-refractivity contribution in [2.24, 2.45) is 0 Å². The Balaban J connectivity index is 1.62. The summed E-state index contributed by atoms with van der Waals surface area (Å²) in [5, 5.41) is 0. The van der Waals surface area contributed by atoms with Crippen molar-refractivity contribution in [3.63, 3.8) is 0 Å². The molecule has 4 rings (SSSR count). The van der Waals surface area contributed by atoms with Crippen LogP contribution in [0.1, 0.15) is 21.0 Å². The molecule has 2 heterocycles. The van der Waals surface area contributed by atoms with Gasteiger partial charge in [-0.3, -0.25) is 0 Å². The average Bonchev–Trinajstić information content (AvgIpc) is 3.48. The van der Waals surface area contributed by atoms with Crippen LogP contribution in [0.25, 0.3) is 22.9 Å². The third-order valence-corrected chi connectivity index (χ3v) is 6.15. The fraction of sp³-hybridized carbons (Fsp3) is 0.0909. The van der Waals surface area contributed by atoms with Crippen LogP contribution < -0.4 is 7.13 Å². The number of carbonyl (C=O) groups is 2. The second-order valence-electron chi connectivity index (χ2n) is 7.10. The van der Waals surface area contributed by atoms with E-state index in [1.807, 2.05) is 0 Å². The number of benzene rings is 2. The van der Waals surface area contributed by atoms with E-state index in [2.05, 4.69) is 9.97 Å². The van der Waals surface area contributed by atoms with Gasteiger partial charge in [0.15, 0.2) is 0 Å². The fourth-order valence-electron chi connectivity index (χ4n) is 2.91. The van der Waals surface area contributed by atoms with E-state index in [1.165, 1.54) is 24.3 Å². The summed E-state index contributed by atoms with van der Waals surface area (Å²) in [4.78, 5) is 30.8. The first-order valence-electron chi connectivity index (χ1n) is 10.1. The molecule has 188 valence electrons. The number of alkyl halides is 6. The van der Waals surface area contributed by atoms with Crippen LogP contribution in [0, 0.1) is 0 Å². The van der Waals surface area contributed by atoms with Gasteiger partial charge in [-0.2, -0.15) is 0 Å². The van der Waals surface area contributed by atoms with Crippen molar-refractivity contribution in [1.82, 2.24) is 9.97 Å². The Bertz CT molecular complexity index is 1310. The van der Waals surface area contributed by atoms with E-state index in [4.69, 9.17) is 16.0 Å². The van der Waals surface area contributed by atoms with Crippen molar-refractivity contribution >= 4 is 11.6 Å². The van der Waals surface area contributed by atoms with Crippen molar-refractivity contribution in [2.45, 2.75) is 12.4 Å². The summed E-state index contributed by atoms with van der Waals surface area (Å²) in [6, 6.07) is 15.2. The number of carbonyl (C=O) groups excluding carboxylic acids is 2. The molecule has 8 nitrogen and oxygen atoms in total. The summed E-state index contributed by atoms with van der Waals surface area (Å²) >= 11 is -3.14. The zero-order valence-corrected chi connectivity index (χ0v) is 21.1. The monoisotopic (exact) mass is 576 g/mol. The molecule has 0 fully saturated rings. The SMILES string of the molecule is O=C(c1nc(-c2ccccc2)oc1[O][Zn][O]c1oc(-c2ccccc2)nc1C(=O)C(F)(F)F)C(F)(F)F. The Kier molecular flexibility index (Phi) is 7.17. The summed E-state index contributed by atoms with van der Waals surface area (Å²) < 4.78 is 99.0. The van der Waals surface area contributed by atoms with Gasteiger partial charge in [0, 0.05) is 0 Å². The molecule has 0 amide bonds. The second kappa shape index (κ2) is 10.2. The first-order chi connectivity index (χ1) is 17.4. The van der Waals surface area contributed by atoms with Gasteiger partial charge < -0.3 is 0 Å². The number of ketones is 2. The van der Waals surface area contributed by atoms with Gasteiger partial charge in [-0.25, -0.2) is 0 Å². The quantitative estimate of drug-likeness (QED) is 0.146. The molecule has 0 radical (unpaired) electrons. The summed E-state index contributed by atoms with van der Waals surface area (Å²) in [6.45, 7) is 0. The van der Waals surface area contributed by atoms with Crippen molar-refractivity contribution in [3.05, 3.63) is 72.1 Å². The maximum absolute atomic E-state index is 13.1. The number of hydrogen-bond donors (Lipinski definition) is 0. The van der Waals surface area contributed by atoms with E-state index in [9.17, 15) is 35.9 Å². The Morgan fingerprint density at radius 2 is 1.00 bits per heavy atom. The van der Waals surface area contributed by atoms with Crippen LogP contribution in [0.3, 0.4) is 0 Å². The number of rotatable bonds is 8. The van der Waals surface area contributed by atoms with Crippen LogP contribution in [-0.2, 0) is 17.8 Å². The first-order valence-corrected chi connectivity index (χ1v) is 12.5. The Morgan fingerprint density at radius 1 is 0.649 bits per heavy atom. The summed E-state index contributed by atoms with van der Waals surface area (Å²) in [5.74, 6) is -7.35. The zero-order chi connectivity index (χ0) is 26.8. The van der Waals surface area contributed by atoms with Gasteiger partial charge in [0.05, 0.1) is 0 Å². The molecule has 37 heavy (non-hydrogen) atoms. The Hall–Kier alpha value is -4.00. The number of halogens is 6. The van der Waals surface area contributed by atoms with E-state index in [0.29, 0.717) is 0 Å². The van der Waals surface area contributed by atoms with E-state index < -0.39 is 65.0 Å². The molecule has 15 heteroatoms. The van der Waals surface area contributed by atoms with E-state index >= 15 is 0 Å². The molecule has 0 atom stereocenters. The first kappa shape index (κ1) is 26.1. The Morgan fingerprint density at radius 3 is 1.32 bits per heavy atom. The molecule has 0 aliphatic rings. The zero-order valence-electron chi connectivity index (χ0n) is 18.1. The van der Waals surface area contributed by atoms with Crippen LogP contribution in [0.15, 0.2) is 69.5 Å². The normalized spacial score (nSPS) is 11.6. The number of Topliss-reactive ketones (excluding diaryl/α,β-unsaturated/α-hetero) is 2. The van der Waals surface area contributed by atoms with E-state index in [-0.39, 0.29) is 22.9 Å². The molecule has 4 aromatic rings. The van der Waals surface area contributed by atoms with Gasteiger partial charge >= 0.3 is 210 Å².